The molecule has 0 bridgehead atoms. The summed E-state index contributed by atoms with van der Waals surface area (Å²) in [6.45, 7) is 8.15. The van der Waals surface area contributed by atoms with Crippen molar-refractivity contribution < 1.29 is 9.59 Å². The third-order valence-electron chi connectivity index (χ3n) is 11.1. The first kappa shape index (κ1) is 30.5. The highest BCUT2D eigenvalue weighted by Gasteiger charge is 2.39. The van der Waals surface area contributed by atoms with E-state index in [1.807, 2.05) is 50.4 Å². The lowest BCUT2D eigenvalue weighted by Gasteiger charge is -2.44. The number of rotatable bonds is 8. The van der Waals surface area contributed by atoms with E-state index in [1.165, 1.54) is 77.7 Å². The van der Waals surface area contributed by atoms with Gasteiger partial charge in [-0.15, -0.1) is 0 Å². The molecule has 3 saturated carbocycles. The summed E-state index contributed by atoms with van der Waals surface area (Å²) in [5.41, 5.74) is 2.43. The van der Waals surface area contributed by atoms with Crippen LogP contribution in [0.2, 0.25) is 0 Å². The van der Waals surface area contributed by atoms with Crippen molar-refractivity contribution in [1.29, 1.82) is 0 Å². The van der Waals surface area contributed by atoms with Gasteiger partial charge in [0.1, 0.15) is 11.9 Å². The van der Waals surface area contributed by atoms with Crippen molar-refractivity contribution in [3.63, 3.8) is 0 Å². The van der Waals surface area contributed by atoms with Crippen molar-refractivity contribution in [2.75, 3.05) is 54.9 Å². The highest BCUT2D eigenvalue weighted by molar-refractivity contribution is 6.04. The molecule has 3 heterocycles. The predicted octanol–water partition coefficient (Wildman–Crippen LogP) is 5.40. The lowest BCUT2D eigenvalue weighted by atomic mass is 9.89. The van der Waals surface area contributed by atoms with Gasteiger partial charge in [-0.25, -0.2) is 4.98 Å². The molecule has 2 aromatic rings. The monoisotopic (exact) mass is 613 g/mol. The molecule has 4 fully saturated rings. The zero-order valence-electron chi connectivity index (χ0n) is 27.2. The first-order chi connectivity index (χ1) is 21.9. The summed E-state index contributed by atoms with van der Waals surface area (Å²) in [5, 5.41) is 6.75. The zero-order valence-corrected chi connectivity index (χ0v) is 27.2. The molecular formula is C36H51N7O2. The Kier molecular flexibility index (Phi) is 9.00. The SMILES string of the molecule is C[C@@H]1C(=O)N(C)c2ccc(Nc3ccc(C(=O)NC4CCC(N5CCN(CC6CC6)CC5)CC4)cc3)nc2N1C1CCCCC1. The highest BCUT2D eigenvalue weighted by atomic mass is 16.2. The van der Waals surface area contributed by atoms with Crippen LogP contribution in [0.5, 0.6) is 0 Å². The fourth-order valence-corrected chi connectivity index (χ4v) is 8.20. The van der Waals surface area contributed by atoms with Gasteiger partial charge < -0.3 is 25.3 Å². The van der Waals surface area contributed by atoms with Crippen LogP contribution < -0.4 is 20.4 Å². The number of carbonyl (C=O) groups excluding carboxylic acids is 2. The van der Waals surface area contributed by atoms with Crippen molar-refractivity contribution in [2.24, 2.45) is 5.92 Å². The second kappa shape index (κ2) is 13.3. The number of hydrogen-bond acceptors (Lipinski definition) is 7. The third-order valence-corrected chi connectivity index (χ3v) is 11.1. The van der Waals surface area contributed by atoms with E-state index < -0.39 is 0 Å². The van der Waals surface area contributed by atoms with Crippen LogP contribution in [0.25, 0.3) is 0 Å². The van der Waals surface area contributed by atoms with Gasteiger partial charge in [-0.05, 0) is 101 Å². The van der Waals surface area contributed by atoms with Crippen LogP contribution >= 0.6 is 0 Å². The molecule has 2 aliphatic heterocycles. The summed E-state index contributed by atoms with van der Waals surface area (Å²) in [5.74, 6) is 2.73. The quantitative estimate of drug-likeness (QED) is 0.413. The first-order valence-corrected chi connectivity index (χ1v) is 17.6. The maximum absolute atomic E-state index is 13.1. The largest absolute Gasteiger partial charge is 0.349 e. The first-order valence-electron chi connectivity index (χ1n) is 17.6. The fraction of sp³-hybridized carbons (Fsp3) is 0.639. The Hall–Kier alpha value is -3.17. The van der Waals surface area contributed by atoms with Gasteiger partial charge in [-0.3, -0.25) is 14.5 Å². The standard InChI is InChI=1S/C36H51N7O2/c1-25-36(45)40(2)32-18-19-33(39-34(32)43(25)31-6-4-3-5-7-31)37-28-12-10-27(11-13-28)35(44)38-29-14-16-30(17-15-29)42-22-20-41(21-23-42)24-26-8-9-26/h10-13,18-19,25-26,29-31H,3-9,14-17,20-24H2,1-2H3,(H,37,39)(H,38,44)/t25-,29?,30?/m1/s1. The molecule has 1 aromatic heterocycles. The number of pyridine rings is 1. The summed E-state index contributed by atoms with van der Waals surface area (Å²) < 4.78 is 0. The number of benzene rings is 1. The molecule has 0 spiro atoms. The van der Waals surface area contributed by atoms with Crippen LogP contribution in [0.4, 0.5) is 23.0 Å². The lowest BCUT2D eigenvalue weighted by molar-refractivity contribution is -0.119. The number of aromatic nitrogens is 1. The van der Waals surface area contributed by atoms with Crippen LogP contribution in [-0.2, 0) is 4.79 Å². The number of anilines is 4. The molecule has 0 unspecified atom stereocenters. The Labute approximate surface area is 268 Å². The molecule has 1 saturated heterocycles. The molecule has 5 aliphatic rings. The Morgan fingerprint density at radius 1 is 0.844 bits per heavy atom. The molecule has 0 radical (unpaired) electrons. The summed E-state index contributed by atoms with van der Waals surface area (Å²) in [6.07, 6.45) is 13.2. The second-order valence-electron chi connectivity index (χ2n) is 14.3. The van der Waals surface area contributed by atoms with Crippen LogP contribution in [0.3, 0.4) is 0 Å². The Morgan fingerprint density at radius 2 is 1.56 bits per heavy atom. The normalized spacial score (nSPS) is 26.9. The zero-order chi connectivity index (χ0) is 30.9. The topological polar surface area (TPSA) is 84.0 Å². The molecule has 242 valence electrons. The van der Waals surface area contributed by atoms with Gasteiger partial charge >= 0.3 is 0 Å². The van der Waals surface area contributed by atoms with E-state index in [4.69, 9.17) is 4.98 Å². The van der Waals surface area contributed by atoms with Gasteiger partial charge in [0.2, 0.25) is 5.91 Å². The van der Waals surface area contributed by atoms with Crippen molar-refractivity contribution in [2.45, 2.75) is 102 Å². The molecule has 9 nitrogen and oxygen atoms in total. The molecule has 1 aromatic carbocycles. The number of nitrogens with one attached hydrogen (secondary N) is 2. The number of carbonyl (C=O) groups is 2. The van der Waals surface area contributed by atoms with Gasteiger partial charge in [0.05, 0.1) is 5.69 Å². The van der Waals surface area contributed by atoms with E-state index in [9.17, 15) is 9.59 Å². The van der Waals surface area contributed by atoms with Crippen molar-refractivity contribution >= 4 is 34.8 Å². The summed E-state index contributed by atoms with van der Waals surface area (Å²) >= 11 is 0. The van der Waals surface area contributed by atoms with Gasteiger partial charge in [0, 0.05) is 69.1 Å². The van der Waals surface area contributed by atoms with E-state index in [-0.39, 0.29) is 23.9 Å². The average Bonchev–Trinajstić information content (AvgIpc) is 3.89. The summed E-state index contributed by atoms with van der Waals surface area (Å²) in [6, 6.07) is 12.7. The van der Waals surface area contributed by atoms with E-state index in [0.29, 0.717) is 17.6 Å². The molecule has 7 rings (SSSR count). The van der Waals surface area contributed by atoms with Gasteiger partial charge in [0.25, 0.3) is 5.91 Å². The Bertz CT molecular complexity index is 1340. The van der Waals surface area contributed by atoms with Gasteiger partial charge in [0.15, 0.2) is 5.82 Å². The molecular weight excluding hydrogens is 562 g/mol. The van der Waals surface area contributed by atoms with E-state index in [1.54, 1.807) is 4.90 Å². The van der Waals surface area contributed by atoms with E-state index in [0.717, 1.165) is 54.6 Å². The highest BCUT2D eigenvalue weighted by Crippen LogP contribution is 2.39. The minimum absolute atomic E-state index is 0.00964. The van der Waals surface area contributed by atoms with Crippen LogP contribution in [0.1, 0.15) is 87.9 Å². The molecule has 2 amide bonds. The fourth-order valence-electron chi connectivity index (χ4n) is 8.20. The van der Waals surface area contributed by atoms with Gasteiger partial charge in [-0.1, -0.05) is 19.3 Å². The molecule has 45 heavy (non-hydrogen) atoms. The third kappa shape index (κ3) is 6.85. The molecule has 9 heteroatoms. The Balaban J connectivity index is 0.924. The minimum atomic E-state index is -0.228. The maximum Gasteiger partial charge on any atom is 0.251 e. The minimum Gasteiger partial charge on any atom is -0.349 e. The van der Waals surface area contributed by atoms with Crippen molar-refractivity contribution in [3.05, 3.63) is 42.0 Å². The number of likely N-dealkylation sites (N-methyl/N-ethyl adjacent to an activating group) is 1. The number of amides is 2. The van der Waals surface area contributed by atoms with Crippen molar-refractivity contribution in [3.8, 4) is 0 Å². The lowest BCUT2D eigenvalue weighted by Crippen LogP contribution is -2.55. The summed E-state index contributed by atoms with van der Waals surface area (Å²) in [4.78, 5) is 40.6. The second-order valence-corrected chi connectivity index (χ2v) is 14.3. The van der Waals surface area contributed by atoms with Gasteiger partial charge in [-0.2, -0.15) is 0 Å². The number of fused-ring (bicyclic) bond motifs is 1. The van der Waals surface area contributed by atoms with Crippen molar-refractivity contribution in [1.82, 2.24) is 20.1 Å². The van der Waals surface area contributed by atoms with E-state index >= 15 is 0 Å². The predicted molar refractivity (Wildman–Crippen MR) is 180 cm³/mol. The summed E-state index contributed by atoms with van der Waals surface area (Å²) in [7, 11) is 1.84. The molecule has 2 N–H and O–H groups in total. The number of piperazine rings is 1. The number of nitrogens with zero attached hydrogens (tertiary/aromatic N) is 5. The number of hydrogen-bond donors (Lipinski definition) is 2. The molecule has 1 atom stereocenters. The average molecular weight is 614 g/mol. The Morgan fingerprint density at radius 3 is 2.24 bits per heavy atom. The van der Waals surface area contributed by atoms with E-state index in [2.05, 4.69) is 25.3 Å². The smallest absolute Gasteiger partial charge is 0.251 e. The van der Waals surface area contributed by atoms with Crippen LogP contribution in [-0.4, -0.2) is 90.5 Å². The molecule has 3 aliphatic carbocycles. The van der Waals surface area contributed by atoms with Crippen LogP contribution in [0.15, 0.2) is 36.4 Å². The van der Waals surface area contributed by atoms with Crippen LogP contribution in [0, 0.1) is 5.92 Å². The maximum atomic E-state index is 13.1.